The molecule has 1 aliphatic rings. The number of amides is 1. The van der Waals surface area contributed by atoms with Crippen LogP contribution in [0.15, 0.2) is 61.0 Å². The highest BCUT2D eigenvalue weighted by Gasteiger charge is 2.24. The Labute approximate surface area is 133 Å². The number of carbonyl (C=O) groups is 1. The molecule has 0 N–H and O–H groups in total. The maximum Gasteiger partial charge on any atom is 0.258 e. The Hall–Kier alpha value is -2.29. The number of nitrogens with zero attached hydrogens (tertiary/aromatic N) is 1. The zero-order valence-electron chi connectivity index (χ0n) is 13.8. The summed E-state index contributed by atoms with van der Waals surface area (Å²) in [6.45, 7) is 14.6. The Balaban J connectivity index is 0.000000745. The van der Waals surface area contributed by atoms with E-state index in [1.165, 1.54) is 6.42 Å². The van der Waals surface area contributed by atoms with Crippen molar-refractivity contribution >= 4 is 5.91 Å². The van der Waals surface area contributed by atoms with Gasteiger partial charge < -0.3 is 9.64 Å². The zero-order chi connectivity index (χ0) is 16.5. The Morgan fingerprint density at radius 2 is 2.00 bits per heavy atom. The van der Waals surface area contributed by atoms with Crippen molar-refractivity contribution in [1.82, 2.24) is 4.90 Å². The molecule has 0 aliphatic carbocycles. The van der Waals surface area contributed by atoms with Gasteiger partial charge in [-0.25, -0.2) is 0 Å². The molecule has 3 nitrogen and oxygen atoms in total. The van der Waals surface area contributed by atoms with Gasteiger partial charge in [0, 0.05) is 5.56 Å². The molecular formula is C19H25NO2. The molecule has 1 aromatic rings. The molecule has 0 spiro atoms. The third kappa shape index (κ3) is 4.35. The lowest BCUT2D eigenvalue weighted by Gasteiger charge is -2.29. The van der Waals surface area contributed by atoms with Crippen molar-refractivity contribution in [2.75, 3.05) is 13.2 Å². The zero-order valence-corrected chi connectivity index (χ0v) is 13.8. The lowest BCUT2D eigenvalue weighted by molar-refractivity contribution is 0.0706. The summed E-state index contributed by atoms with van der Waals surface area (Å²) in [5.74, 6) is 0.559. The molecule has 1 amide bonds. The van der Waals surface area contributed by atoms with Gasteiger partial charge in [0.05, 0.1) is 12.2 Å². The average Bonchev–Trinajstić information content (AvgIpc) is 2.54. The minimum Gasteiger partial charge on any atom is -0.490 e. The van der Waals surface area contributed by atoms with Crippen LogP contribution in [0.4, 0.5) is 0 Å². The highest BCUT2D eigenvalue weighted by Crippen LogP contribution is 2.21. The van der Waals surface area contributed by atoms with E-state index in [1.54, 1.807) is 17.1 Å². The minimum absolute atomic E-state index is 0.0405. The van der Waals surface area contributed by atoms with E-state index >= 15 is 0 Å². The van der Waals surface area contributed by atoms with E-state index in [-0.39, 0.29) is 5.91 Å². The van der Waals surface area contributed by atoms with E-state index in [0.717, 1.165) is 5.56 Å². The van der Waals surface area contributed by atoms with Gasteiger partial charge in [-0.15, -0.1) is 0 Å². The number of ether oxygens (including phenoxy) is 1. The Kier molecular flexibility index (Phi) is 7.17. The van der Waals surface area contributed by atoms with E-state index in [9.17, 15) is 4.79 Å². The molecule has 2 rings (SSSR count). The molecule has 0 aromatic heterocycles. The maximum atomic E-state index is 12.5. The standard InChI is InChI=1S/C16H17NO2.C3H8/c1-4-14-15(5-2)19-10-9-17(14)16(18)13-8-6-7-12(3)11-13;1-3-2/h4-8,11H,1-2,9-10H2,3H3;3H2,1-2H3. The molecule has 0 radical (unpaired) electrons. The van der Waals surface area contributed by atoms with Crippen LogP contribution in [0.1, 0.15) is 36.2 Å². The van der Waals surface area contributed by atoms with E-state index in [1.807, 2.05) is 31.2 Å². The molecule has 22 heavy (non-hydrogen) atoms. The van der Waals surface area contributed by atoms with Crippen LogP contribution in [0.3, 0.4) is 0 Å². The van der Waals surface area contributed by atoms with Gasteiger partial charge in [-0.3, -0.25) is 4.79 Å². The van der Waals surface area contributed by atoms with E-state index in [4.69, 9.17) is 4.74 Å². The number of benzene rings is 1. The summed E-state index contributed by atoms with van der Waals surface area (Å²) in [6, 6.07) is 7.55. The summed E-state index contributed by atoms with van der Waals surface area (Å²) >= 11 is 0. The van der Waals surface area contributed by atoms with Gasteiger partial charge in [0.2, 0.25) is 0 Å². The Morgan fingerprint density at radius 1 is 1.32 bits per heavy atom. The molecule has 1 aliphatic heterocycles. The fourth-order valence-electron chi connectivity index (χ4n) is 2.09. The smallest absolute Gasteiger partial charge is 0.258 e. The predicted octanol–water partition coefficient (Wildman–Crippen LogP) is 4.47. The number of hydrogen-bond acceptors (Lipinski definition) is 2. The highest BCUT2D eigenvalue weighted by atomic mass is 16.5. The van der Waals surface area contributed by atoms with Gasteiger partial charge in [0.15, 0.2) is 0 Å². The Bertz CT molecular complexity index is 573. The summed E-state index contributed by atoms with van der Waals surface area (Å²) in [7, 11) is 0. The molecule has 1 heterocycles. The number of allylic oxidation sites excluding steroid dienone is 2. The fourth-order valence-corrected chi connectivity index (χ4v) is 2.09. The molecule has 0 bridgehead atoms. The second kappa shape index (κ2) is 8.88. The average molecular weight is 299 g/mol. The van der Waals surface area contributed by atoms with Crippen molar-refractivity contribution in [2.45, 2.75) is 27.2 Å². The van der Waals surface area contributed by atoms with Gasteiger partial charge in [-0.1, -0.05) is 51.1 Å². The first kappa shape index (κ1) is 17.8. The van der Waals surface area contributed by atoms with Crippen LogP contribution >= 0.6 is 0 Å². The maximum absolute atomic E-state index is 12.5. The fraction of sp³-hybridized carbons (Fsp3) is 0.316. The molecule has 0 saturated heterocycles. The second-order valence-corrected chi connectivity index (χ2v) is 5.04. The molecule has 0 saturated carbocycles. The number of rotatable bonds is 3. The van der Waals surface area contributed by atoms with E-state index in [2.05, 4.69) is 27.0 Å². The molecule has 0 unspecified atom stereocenters. The van der Waals surface area contributed by atoms with Crippen LogP contribution in [0, 0.1) is 6.92 Å². The van der Waals surface area contributed by atoms with Crippen LogP contribution in [0.25, 0.3) is 0 Å². The largest absolute Gasteiger partial charge is 0.490 e. The highest BCUT2D eigenvalue weighted by molar-refractivity contribution is 5.96. The quantitative estimate of drug-likeness (QED) is 0.824. The third-order valence-electron chi connectivity index (χ3n) is 3.00. The second-order valence-electron chi connectivity index (χ2n) is 5.04. The molecule has 3 heteroatoms. The third-order valence-corrected chi connectivity index (χ3v) is 3.00. The molecule has 0 fully saturated rings. The van der Waals surface area contributed by atoms with Crippen molar-refractivity contribution in [2.24, 2.45) is 0 Å². The topological polar surface area (TPSA) is 29.5 Å². The van der Waals surface area contributed by atoms with Crippen LogP contribution < -0.4 is 0 Å². The summed E-state index contributed by atoms with van der Waals surface area (Å²) in [6.07, 6.45) is 4.48. The lowest BCUT2D eigenvalue weighted by Crippen LogP contribution is -2.36. The number of hydrogen-bond donors (Lipinski definition) is 0. The monoisotopic (exact) mass is 299 g/mol. The normalized spacial score (nSPS) is 13.7. The first-order valence-electron chi connectivity index (χ1n) is 7.59. The van der Waals surface area contributed by atoms with Crippen LogP contribution in [0.5, 0.6) is 0 Å². The SMILES string of the molecule is C=CC1=C(C=C)N(C(=O)c2cccc(C)c2)CCO1.CCC. The van der Waals surface area contributed by atoms with Crippen molar-refractivity contribution in [3.8, 4) is 0 Å². The van der Waals surface area contributed by atoms with E-state index in [0.29, 0.717) is 30.2 Å². The van der Waals surface area contributed by atoms with E-state index < -0.39 is 0 Å². The first-order chi connectivity index (χ1) is 10.6. The van der Waals surface area contributed by atoms with Crippen molar-refractivity contribution in [3.63, 3.8) is 0 Å². The predicted molar refractivity (Wildman–Crippen MR) is 91.6 cm³/mol. The summed E-state index contributed by atoms with van der Waals surface area (Å²) in [5.41, 5.74) is 2.41. The van der Waals surface area contributed by atoms with Gasteiger partial charge in [0.25, 0.3) is 5.91 Å². The lowest BCUT2D eigenvalue weighted by atomic mass is 10.1. The summed E-state index contributed by atoms with van der Waals surface area (Å²) < 4.78 is 5.47. The van der Waals surface area contributed by atoms with Crippen molar-refractivity contribution < 1.29 is 9.53 Å². The van der Waals surface area contributed by atoms with Gasteiger partial charge in [-0.05, 0) is 31.2 Å². The van der Waals surface area contributed by atoms with Crippen molar-refractivity contribution in [3.05, 3.63) is 72.2 Å². The molecule has 0 atom stereocenters. The molecular weight excluding hydrogens is 274 g/mol. The van der Waals surface area contributed by atoms with Crippen LogP contribution in [-0.4, -0.2) is 24.0 Å². The van der Waals surface area contributed by atoms with Gasteiger partial charge >= 0.3 is 0 Å². The van der Waals surface area contributed by atoms with Crippen molar-refractivity contribution in [1.29, 1.82) is 0 Å². The number of aryl methyl sites for hydroxylation is 1. The van der Waals surface area contributed by atoms with Crippen LogP contribution in [-0.2, 0) is 4.74 Å². The summed E-state index contributed by atoms with van der Waals surface area (Å²) in [4.78, 5) is 14.2. The summed E-state index contributed by atoms with van der Waals surface area (Å²) in [5, 5.41) is 0. The Morgan fingerprint density at radius 3 is 2.55 bits per heavy atom. The number of carbonyl (C=O) groups excluding carboxylic acids is 1. The molecule has 1 aromatic carbocycles. The van der Waals surface area contributed by atoms with Gasteiger partial charge in [-0.2, -0.15) is 0 Å². The van der Waals surface area contributed by atoms with Gasteiger partial charge in [0.1, 0.15) is 12.4 Å². The van der Waals surface area contributed by atoms with Crippen LogP contribution in [0.2, 0.25) is 0 Å². The molecule has 118 valence electrons. The minimum atomic E-state index is -0.0405. The first-order valence-corrected chi connectivity index (χ1v) is 7.59.